The van der Waals surface area contributed by atoms with Gasteiger partial charge in [-0.25, -0.2) is 13.4 Å². The summed E-state index contributed by atoms with van der Waals surface area (Å²) in [6.45, 7) is 6.11. The monoisotopic (exact) mass is 347 g/mol. The highest BCUT2D eigenvalue weighted by Gasteiger charge is 2.22. The van der Waals surface area contributed by atoms with Crippen molar-refractivity contribution in [2.45, 2.75) is 31.1 Å². The van der Waals surface area contributed by atoms with E-state index in [1.165, 1.54) is 11.3 Å². The second kappa shape index (κ2) is 5.58. The maximum absolute atomic E-state index is 12.7. The van der Waals surface area contributed by atoms with E-state index in [-0.39, 0.29) is 10.3 Å². The average Bonchev–Trinajstić information content (AvgIpc) is 2.94. The molecule has 3 aromatic rings. The Labute approximate surface area is 139 Å². The molecule has 0 aliphatic heterocycles. The second-order valence-electron chi connectivity index (χ2n) is 6.22. The largest absolute Gasteiger partial charge is 0.265 e. The lowest BCUT2D eigenvalue weighted by Crippen LogP contribution is -2.15. The normalized spacial score (nSPS) is 12.5. The summed E-state index contributed by atoms with van der Waals surface area (Å²) >= 11 is 1.28. The molecule has 0 bridgehead atoms. The molecular weight excluding hydrogens is 330 g/mol. The zero-order valence-corrected chi connectivity index (χ0v) is 14.7. The number of fused-ring (bicyclic) bond motifs is 1. The van der Waals surface area contributed by atoms with Gasteiger partial charge in [-0.1, -0.05) is 39.0 Å². The topological polar surface area (TPSA) is 72.0 Å². The molecule has 1 aromatic carbocycles. The highest BCUT2D eigenvalue weighted by Crippen LogP contribution is 2.29. The Morgan fingerprint density at radius 3 is 2.57 bits per heavy atom. The van der Waals surface area contributed by atoms with E-state index in [4.69, 9.17) is 0 Å². The van der Waals surface area contributed by atoms with Gasteiger partial charge in [0.15, 0.2) is 5.13 Å². The van der Waals surface area contributed by atoms with Crippen LogP contribution in [-0.2, 0) is 15.4 Å². The minimum absolute atomic E-state index is 0.124. The quantitative estimate of drug-likeness (QED) is 0.782. The number of rotatable bonds is 3. The first-order valence-electron chi connectivity index (χ1n) is 7.10. The van der Waals surface area contributed by atoms with Crippen LogP contribution in [0.4, 0.5) is 5.13 Å². The van der Waals surface area contributed by atoms with E-state index >= 15 is 0 Å². The minimum atomic E-state index is -3.74. The number of nitrogens with one attached hydrogen (secondary N) is 1. The number of thiazole rings is 1. The van der Waals surface area contributed by atoms with Gasteiger partial charge in [-0.15, -0.1) is 11.3 Å². The molecule has 120 valence electrons. The summed E-state index contributed by atoms with van der Waals surface area (Å²) in [7, 11) is -3.74. The smallest absolute Gasteiger partial charge is 0.255 e. The molecule has 0 radical (unpaired) electrons. The minimum Gasteiger partial charge on any atom is -0.255 e. The molecule has 0 atom stereocenters. The van der Waals surface area contributed by atoms with Gasteiger partial charge in [-0.3, -0.25) is 9.71 Å². The van der Waals surface area contributed by atoms with Gasteiger partial charge in [0.25, 0.3) is 10.0 Å². The molecule has 0 aliphatic rings. The van der Waals surface area contributed by atoms with Crippen molar-refractivity contribution in [3.05, 3.63) is 47.6 Å². The molecule has 1 N–H and O–H groups in total. The SMILES string of the molecule is CC(C)(C)c1csc(NS(=O)(=O)c2cccc3cccnc23)n1. The first kappa shape index (κ1) is 15.9. The molecule has 0 saturated heterocycles. The van der Waals surface area contributed by atoms with Crippen molar-refractivity contribution in [3.63, 3.8) is 0 Å². The predicted octanol–water partition coefficient (Wildman–Crippen LogP) is 3.79. The number of nitrogens with zero attached hydrogens (tertiary/aromatic N) is 2. The highest BCUT2D eigenvalue weighted by molar-refractivity contribution is 7.93. The van der Waals surface area contributed by atoms with E-state index in [2.05, 4.69) is 14.7 Å². The molecule has 0 spiro atoms. The van der Waals surface area contributed by atoms with Crippen LogP contribution in [0.1, 0.15) is 26.5 Å². The molecule has 0 unspecified atom stereocenters. The Bertz CT molecular complexity index is 951. The molecule has 0 aliphatic carbocycles. The number of sulfonamides is 1. The number of aromatic nitrogens is 2. The van der Waals surface area contributed by atoms with Gasteiger partial charge in [0.2, 0.25) is 0 Å². The summed E-state index contributed by atoms with van der Waals surface area (Å²) in [5, 5.41) is 3.02. The summed E-state index contributed by atoms with van der Waals surface area (Å²) in [4.78, 5) is 8.73. The van der Waals surface area contributed by atoms with Crippen LogP contribution in [0.3, 0.4) is 0 Å². The van der Waals surface area contributed by atoms with E-state index in [1.807, 2.05) is 38.3 Å². The first-order valence-corrected chi connectivity index (χ1v) is 9.46. The van der Waals surface area contributed by atoms with Gasteiger partial charge in [0, 0.05) is 22.4 Å². The van der Waals surface area contributed by atoms with Crippen molar-refractivity contribution >= 4 is 37.4 Å². The van der Waals surface area contributed by atoms with Crippen molar-refractivity contribution in [3.8, 4) is 0 Å². The van der Waals surface area contributed by atoms with Gasteiger partial charge < -0.3 is 0 Å². The van der Waals surface area contributed by atoms with Gasteiger partial charge in [0.1, 0.15) is 4.90 Å². The summed E-state index contributed by atoms with van der Waals surface area (Å²) in [6.07, 6.45) is 1.59. The van der Waals surface area contributed by atoms with Crippen LogP contribution in [0.15, 0.2) is 46.8 Å². The maximum atomic E-state index is 12.7. The van der Waals surface area contributed by atoms with Crippen LogP contribution < -0.4 is 4.72 Å². The van der Waals surface area contributed by atoms with Crippen molar-refractivity contribution < 1.29 is 8.42 Å². The average molecular weight is 347 g/mol. The predicted molar refractivity (Wildman–Crippen MR) is 93.4 cm³/mol. The zero-order valence-electron chi connectivity index (χ0n) is 13.1. The number of hydrogen-bond donors (Lipinski definition) is 1. The number of anilines is 1. The number of hydrogen-bond acceptors (Lipinski definition) is 5. The molecule has 5 nitrogen and oxygen atoms in total. The molecule has 2 aromatic heterocycles. The Kier molecular flexibility index (Phi) is 3.85. The molecule has 7 heteroatoms. The molecule has 3 rings (SSSR count). The molecule has 0 saturated carbocycles. The summed E-state index contributed by atoms with van der Waals surface area (Å²) < 4.78 is 27.9. The maximum Gasteiger partial charge on any atom is 0.265 e. The van der Waals surface area contributed by atoms with Crippen molar-refractivity contribution in [2.24, 2.45) is 0 Å². The zero-order chi connectivity index (χ0) is 16.7. The third kappa shape index (κ3) is 3.20. The van der Waals surface area contributed by atoms with E-state index in [1.54, 1.807) is 24.4 Å². The summed E-state index contributed by atoms with van der Waals surface area (Å²) in [5.74, 6) is 0. The standard InChI is InChI=1S/C16H17N3O2S2/c1-16(2,3)13-10-22-15(18-13)19-23(20,21)12-8-4-6-11-7-5-9-17-14(11)12/h4-10H,1-3H3,(H,18,19). The number of benzene rings is 1. The number of para-hydroxylation sites is 1. The fourth-order valence-corrected chi connectivity index (χ4v) is 4.50. The number of pyridine rings is 1. The highest BCUT2D eigenvalue weighted by atomic mass is 32.2. The third-order valence-corrected chi connectivity index (χ3v) is 5.64. The lowest BCUT2D eigenvalue weighted by molar-refractivity contribution is 0.573. The van der Waals surface area contributed by atoms with Crippen molar-refractivity contribution in [2.75, 3.05) is 4.72 Å². The van der Waals surface area contributed by atoms with Crippen molar-refractivity contribution in [1.29, 1.82) is 0 Å². The van der Waals surface area contributed by atoms with E-state index in [0.717, 1.165) is 11.1 Å². The fourth-order valence-electron chi connectivity index (χ4n) is 2.13. The Hall–Kier alpha value is -1.99. The van der Waals surface area contributed by atoms with E-state index in [9.17, 15) is 8.42 Å². The lowest BCUT2D eigenvalue weighted by Gasteiger charge is -2.14. The third-order valence-electron chi connectivity index (χ3n) is 3.38. The van der Waals surface area contributed by atoms with Crippen LogP contribution in [0.2, 0.25) is 0 Å². The Morgan fingerprint density at radius 1 is 1.13 bits per heavy atom. The van der Waals surface area contributed by atoms with E-state index < -0.39 is 10.0 Å². The second-order valence-corrected chi connectivity index (χ2v) is 8.73. The van der Waals surface area contributed by atoms with E-state index in [0.29, 0.717) is 10.6 Å². The van der Waals surface area contributed by atoms with Gasteiger partial charge in [0.05, 0.1) is 11.2 Å². The molecule has 23 heavy (non-hydrogen) atoms. The van der Waals surface area contributed by atoms with Crippen LogP contribution in [0, 0.1) is 0 Å². The van der Waals surface area contributed by atoms with Gasteiger partial charge in [-0.2, -0.15) is 0 Å². The lowest BCUT2D eigenvalue weighted by atomic mass is 9.93. The molecule has 0 fully saturated rings. The van der Waals surface area contributed by atoms with Crippen LogP contribution in [0.5, 0.6) is 0 Å². The van der Waals surface area contributed by atoms with Crippen LogP contribution >= 0.6 is 11.3 Å². The summed E-state index contributed by atoms with van der Waals surface area (Å²) in [5.41, 5.74) is 1.19. The Morgan fingerprint density at radius 2 is 1.87 bits per heavy atom. The first-order chi connectivity index (χ1) is 10.8. The van der Waals surface area contributed by atoms with Crippen LogP contribution in [-0.4, -0.2) is 18.4 Å². The van der Waals surface area contributed by atoms with Crippen LogP contribution in [0.25, 0.3) is 10.9 Å². The fraction of sp³-hybridized carbons (Fsp3) is 0.250. The van der Waals surface area contributed by atoms with Crippen molar-refractivity contribution in [1.82, 2.24) is 9.97 Å². The van der Waals surface area contributed by atoms with Gasteiger partial charge in [-0.05, 0) is 12.1 Å². The molecule has 2 heterocycles. The molecule has 0 amide bonds. The molecular formula is C16H17N3O2S2. The Balaban J connectivity index is 2.00. The van der Waals surface area contributed by atoms with Gasteiger partial charge >= 0.3 is 0 Å². The summed E-state index contributed by atoms with van der Waals surface area (Å²) in [6, 6.07) is 8.71.